The Morgan fingerprint density at radius 1 is 1.28 bits per heavy atom. The molecule has 1 atom stereocenters. The predicted molar refractivity (Wildman–Crippen MR) is 112 cm³/mol. The lowest BCUT2D eigenvalue weighted by Crippen LogP contribution is -2.35. The number of carbonyl (C=O) groups is 2. The van der Waals surface area contributed by atoms with E-state index >= 15 is 0 Å². The highest BCUT2D eigenvalue weighted by Gasteiger charge is 2.48. The molecule has 1 spiro atoms. The minimum absolute atomic E-state index is 0.137. The molecule has 6 heteroatoms. The van der Waals surface area contributed by atoms with Gasteiger partial charge in [-0.25, -0.2) is 4.68 Å². The second-order valence-electron chi connectivity index (χ2n) is 8.05. The minimum Gasteiger partial charge on any atom is -0.465 e. The SMILES string of the molecule is CC.Cc1nn(C(=O)c2c(Cl)cccc2C2CC2)c2c1CCC1(CCOC1=O)C2. The van der Waals surface area contributed by atoms with E-state index in [0.717, 1.165) is 48.2 Å². The summed E-state index contributed by atoms with van der Waals surface area (Å²) in [6.45, 7) is 6.40. The summed E-state index contributed by atoms with van der Waals surface area (Å²) in [5.41, 5.74) is 3.87. The normalized spacial score (nSPS) is 22.7. The summed E-state index contributed by atoms with van der Waals surface area (Å²) in [5.74, 6) is 0.0870. The number of halogens is 1. The topological polar surface area (TPSA) is 61.2 Å². The molecule has 2 fully saturated rings. The predicted octanol–water partition coefficient (Wildman–Crippen LogP) is 4.86. The van der Waals surface area contributed by atoms with Gasteiger partial charge in [0.25, 0.3) is 5.91 Å². The Hall–Kier alpha value is -2.14. The largest absolute Gasteiger partial charge is 0.465 e. The highest BCUT2D eigenvalue weighted by atomic mass is 35.5. The molecule has 2 aromatic rings. The van der Waals surface area contributed by atoms with Gasteiger partial charge < -0.3 is 4.74 Å². The van der Waals surface area contributed by atoms with Gasteiger partial charge in [0.15, 0.2) is 0 Å². The number of cyclic esters (lactones) is 1. The molecule has 0 amide bonds. The van der Waals surface area contributed by atoms with Gasteiger partial charge in [0.05, 0.1) is 34.0 Å². The average Bonchev–Trinajstić information content (AvgIpc) is 3.45. The van der Waals surface area contributed by atoms with E-state index in [9.17, 15) is 9.59 Å². The maximum Gasteiger partial charge on any atom is 0.312 e. The van der Waals surface area contributed by atoms with Crippen molar-refractivity contribution in [2.45, 2.75) is 65.2 Å². The van der Waals surface area contributed by atoms with Crippen LogP contribution in [0.4, 0.5) is 0 Å². The molecule has 0 radical (unpaired) electrons. The van der Waals surface area contributed by atoms with Crippen molar-refractivity contribution < 1.29 is 14.3 Å². The van der Waals surface area contributed by atoms with E-state index in [1.54, 1.807) is 6.07 Å². The number of hydrogen-bond acceptors (Lipinski definition) is 4. The lowest BCUT2D eigenvalue weighted by molar-refractivity contribution is -0.146. The molecule has 1 unspecified atom stereocenters. The number of aryl methyl sites for hydroxylation is 1. The Labute approximate surface area is 176 Å². The van der Waals surface area contributed by atoms with Crippen LogP contribution in [0.25, 0.3) is 0 Å². The zero-order chi connectivity index (χ0) is 20.8. The Kier molecular flexibility index (Phi) is 5.28. The molecule has 3 aliphatic rings. The van der Waals surface area contributed by atoms with Crippen LogP contribution in [0.1, 0.15) is 78.3 Å². The van der Waals surface area contributed by atoms with Crippen molar-refractivity contribution in [2.75, 3.05) is 6.61 Å². The van der Waals surface area contributed by atoms with E-state index in [2.05, 4.69) is 5.10 Å². The van der Waals surface area contributed by atoms with Gasteiger partial charge in [-0.2, -0.15) is 5.10 Å². The highest BCUT2D eigenvalue weighted by molar-refractivity contribution is 6.34. The summed E-state index contributed by atoms with van der Waals surface area (Å²) in [5, 5.41) is 5.04. The van der Waals surface area contributed by atoms with Crippen LogP contribution in [0, 0.1) is 12.3 Å². The van der Waals surface area contributed by atoms with Gasteiger partial charge in [-0.1, -0.05) is 37.6 Å². The third-order valence-electron chi connectivity index (χ3n) is 6.37. The van der Waals surface area contributed by atoms with E-state index in [1.165, 1.54) is 4.68 Å². The van der Waals surface area contributed by atoms with Gasteiger partial charge in [0, 0.05) is 6.42 Å². The van der Waals surface area contributed by atoms with Gasteiger partial charge in [-0.3, -0.25) is 9.59 Å². The molecule has 154 valence electrons. The summed E-state index contributed by atoms with van der Waals surface area (Å²) in [6.07, 6.45) is 4.91. The fraction of sp³-hybridized carbons (Fsp3) is 0.522. The Balaban J connectivity index is 0.000000994. The summed E-state index contributed by atoms with van der Waals surface area (Å²) in [7, 11) is 0. The molecule has 1 aliphatic heterocycles. The van der Waals surface area contributed by atoms with Gasteiger partial charge in [0.2, 0.25) is 0 Å². The van der Waals surface area contributed by atoms with Crippen LogP contribution in [-0.4, -0.2) is 28.3 Å². The second-order valence-corrected chi connectivity index (χ2v) is 8.46. The monoisotopic (exact) mass is 414 g/mol. The summed E-state index contributed by atoms with van der Waals surface area (Å²) in [6, 6.07) is 5.66. The molecule has 2 aliphatic carbocycles. The lowest BCUT2D eigenvalue weighted by atomic mass is 9.72. The number of esters is 1. The standard InChI is InChI=1S/C21H21ClN2O3.C2H6/c1-12-14-7-8-21(9-10-27-20(21)26)11-17(14)24(23-12)19(25)18-15(13-5-6-13)3-2-4-16(18)22;1-2/h2-4,13H,5-11H2,1H3;1-2H3. The van der Waals surface area contributed by atoms with E-state index in [4.69, 9.17) is 16.3 Å². The van der Waals surface area contributed by atoms with Crippen molar-refractivity contribution in [1.29, 1.82) is 0 Å². The number of carbonyl (C=O) groups excluding carboxylic acids is 2. The van der Waals surface area contributed by atoms with E-state index < -0.39 is 5.41 Å². The zero-order valence-corrected chi connectivity index (χ0v) is 18.0. The summed E-state index contributed by atoms with van der Waals surface area (Å²) >= 11 is 6.44. The summed E-state index contributed by atoms with van der Waals surface area (Å²) < 4.78 is 6.76. The van der Waals surface area contributed by atoms with Crippen molar-refractivity contribution in [3.63, 3.8) is 0 Å². The smallest absolute Gasteiger partial charge is 0.312 e. The third kappa shape index (κ3) is 3.29. The fourth-order valence-corrected chi connectivity index (χ4v) is 4.91. The highest BCUT2D eigenvalue weighted by Crippen LogP contribution is 2.45. The van der Waals surface area contributed by atoms with Crippen LogP contribution in [0.3, 0.4) is 0 Å². The number of nitrogens with zero attached hydrogens (tertiary/aromatic N) is 2. The molecule has 0 N–H and O–H groups in total. The molecule has 29 heavy (non-hydrogen) atoms. The van der Waals surface area contributed by atoms with Gasteiger partial charge in [-0.05, 0) is 62.1 Å². The van der Waals surface area contributed by atoms with Crippen molar-refractivity contribution in [3.8, 4) is 0 Å². The first kappa shape index (κ1) is 20.1. The van der Waals surface area contributed by atoms with Crippen LogP contribution in [-0.2, 0) is 22.4 Å². The Bertz CT molecular complexity index is 977. The fourth-order valence-electron chi connectivity index (χ4n) is 4.64. The molecule has 1 saturated heterocycles. The van der Waals surface area contributed by atoms with Crippen molar-refractivity contribution in [2.24, 2.45) is 5.41 Å². The first-order valence-electron chi connectivity index (χ1n) is 10.6. The van der Waals surface area contributed by atoms with Crippen LogP contribution >= 0.6 is 11.6 Å². The third-order valence-corrected chi connectivity index (χ3v) is 6.68. The zero-order valence-electron chi connectivity index (χ0n) is 17.3. The van der Waals surface area contributed by atoms with Gasteiger partial charge >= 0.3 is 5.97 Å². The van der Waals surface area contributed by atoms with Crippen molar-refractivity contribution >= 4 is 23.5 Å². The van der Waals surface area contributed by atoms with Crippen molar-refractivity contribution in [1.82, 2.24) is 9.78 Å². The number of benzene rings is 1. The second kappa shape index (κ2) is 7.60. The Morgan fingerprint density at radius 2 is 2.03 bits per heavy atom. The number of fused-ring (bicyclic) bond motifs is 1. The number of hydrogen-bond donors (Lipinski definition) is 0. The van der Waals surface area contributed by atoms with Crippen LogP contribution < -0.4 is 0 Å². The quantitative estimate of drug-likeness (QED) is 0.658. The Morgan fingerprint density at radius 3 is 2.69 bits per heavy atom. The first-order valence-corrected chi connectivity index (χ1v) is 11.0. The summed E-state index contributed by atoms with van der Waals surface area (Å²) in [4.78, 5) is 25.9. The van der Waals surface area contributed by atoms with Crippen LogP contribution in [0.5, 0.6) is 0 Å². The first-order chi connectivity index (χ1) is 14.0. The average molecular weight is 415 g/mol. The van der Waals surface area contributed by atoms with Gasteiger partial charge in [0.1, 0.15) is 0 Å². The molecule has 5 nitrogen and oxygen atoms in total. The minimum atomic E-state index is -0.503. The van der Waals surface area contributed by atoms with Crippen LogP contribution in [0.2, 0.25) is 5.02 Å². The van der Waals surface area contributed by atoms with E-state index in [-0.39, 0.29) is 11.9 Å². The maximum atomic E-state index is 13.5. The molecule has 1 saturated carbocycles. The number of rotatable bonds is 2. The number of ether oxygens (including phenoxy) is 1. The van der Waals surface area contributed by atoms with Crippen LogP contribution in [0.15, 0.2) is 18.2 Å². The van der Waals surface area contributed by atoms with Crippen molar-refractivity contribution in [3.05, 3.63) is 51.3 Å². The van der Waals surface area contributed by atoms with E-state index in [0.29, 0.717) is 36.0 Å². The number of aromatic nitrogens is 2. The molecular formula is C23H27ClN2O3. The molecule has 0 bridgehead atoms. The molecule has 1 aromatic heterocycles. The maximum absolute atomic E-state index is 13.5. The molecule has 2 heterocycles. The molecular weight excluding hydrogens is 388 g/mol. The van der Waals surface area contributed by atoms with E-state index in [1.807, 2.05) is 32.9 Å². The lowest BCUT2D eigenvalue weighted by Gasteiger charge is -2.29. The molecule has 1 aromatic carbocycles. The molecule has 5 rings (SSSR count). The van der Waals surface area contributed by atoms with Gasteiger partial charge in [-0.15, -0.1) is 0 Å².